The molecule has 0 aromatic carbocycles. The first-order valence-corrected chi connectivity index (χ1v) is 3.42. The predicted octanol–water partition coefficient (Wildman–Crippen LogP) is 0.638. The summed E-state index contributed by atoms with van der Waals surface area (Å²) in [4.78, 5) is 0. The van der Waals surface area contributed by atoms with E-state index in [1.165, 1.54) is 0 Å². The minimum Gasteiger partial charge on any atom is -0.386 e. The third-order valence-corrected chi connectivity index (χ3v) is 2.09. The Hall–Kier alpha value is 0.210. The van der Waals surface area contributed by atoms with Crippen LogP contribution in [0.5, 0.6) is 0 Å². The van der Waals surface area contributed by atoms with Gasteiger partial charge in [-0.25, -0.2) is 0 Å². The molecule has 0 fully saturated rings. The Labute approximate surface area is 61.6 Å². The van der Waals surface area contributed by atoms with Crippen molar-refractivity contribution in [3.63, 3.8) is 0 Å². The fourth-order valence-corrected chi connectivity index (χ4v) is 0.647. The highest BCUT2D eigenvalue weighted by atomic mass is 35.5. The van der Waals surface area contributed by atoms with Crippen LogP contribution in [0.25, 0.3) is 0 Å². The molecule has 0 saturated carbocycles. The molecule has 0 aliphatic carbocycles. The van der Waals surface area contributed by atoms with Gasteiger partial charge in [0.05, 0.1) is 21.1 Å². The molecule has 0 aliphatic rings. The van der Waals surface area contributed by atoms with Gasteiger partial charge in [0.1, 0.15) is 6.10 Å². The second-order valence-electron chi connectivity index (χ2n) is 3.23. The zero-order chi connectivity index (χ0) is 7.65. The Balaban J connectivity index is 3.88. The van der Waals surface area contributed by atoms with E-state index >= 15 is 0 Å². The molecule has 0 rings (SSSR count). The molecule has 9 heavy (non-hydrogen) atoms. The molecule has 0 radical (unpaired) electrons. The number of quaternary nitrogens is 1. The third kappa shape index (κ3) is 3.04. The molecule has 0 amide bonds. The Morgan fingerprint density at radius 3 is 1.67 bits per heavy atom. The van der Waals surface area contributed by atoms with Gasteiger partial charge < -0.3 is 9.59 Å². The standard InChI is InChI=1S/C6H15ClNO/c1-5(9)6(7)8(2,3)4/h5-6,9H,1-4H3/q+1. The first kappa shape index (κ1) is 9.21. The largest absolute Gasteiger partial charge is 0.386 e. The summed E-state index contributed by atoms with van der Waals surface area (Å²) in [5, 5.41) is 9.01. The van der Waals surface area contributed by atoms with E-state index in [-0.39, 0.29) is 5.50 Å². The van der Waals surface area contributed by atoms with Gasteiger partial charge in [-0.3, -0.25) is 0 Å². The highest BCUT2D eigenvalue weighted by Crippen LogP contribution is 2.11. The van der Waals surface area contributed by atoms with Crippen LogP contribution in [-0.2, 0) is 0 Å². The zero-order valence-corrected chi connectivity index (χ0v) is 7.18. The van der Waals surface area contributed by atoms with Crippen LogP contribution in [0.2, 0.25) is 0 Å². The fraction of sp³-hybridized carbons (Fsp3) is 1.00. The third-order valence-electron chi connectivity index (χ3n) is 1.14. The average molecular weight is 153 g/mol. The molecular weight excluding hydrogens is 138 g/mol. The summed E-state index contributed by atoms with van der Waals surface area (Å²) in [5.74, 6) is 0. The van der Waals surface area contributed by atoms with Crippen LogP contribution >= 0.6 is 11.6 Å². The van der Waals surface area contributed by atoms with Crippen molar-refractivity contribution in [2.24, 2.45) is 0 Å². The Morgan fingerprint density at radius 1 is 1.33 bits per heavy atom. The maximum Gasteiger partial charge on any atom is 0.190 e. The van der Waals surface area contributed by atoms with E-state index in [4.69, 9.17) is 16.7 Å². The van der Waals surface area contributed by atoms with Crippen LogP contribution in [0.15, 0.2) is 0 Å². The van der Waals surface area contributed by atoms with E-state index in [9.17, 15) is 0 Å². The Morgan fingerprint density at radius 2 is 1.67 bits per heavy atom. The Kier molecular flexibility index (Phi) is 2.93. The molecule has 2 atom stereocenters. The van der Waals surface area contributed by atoms with Crippen molar-refractivity contribution >= 4 is 11.6 Å². The molecule has 1 N–H and O–H groups in total. The lowest BCUT2D eigenvalue weighted by molar-refractivity contribution is -0.885. The molecule has 0 saturated heterocycles. The monoisotopic (exact) mass is 152 g/mol. The maximum absolute atomic E-state index is 9.01. The number of likely N-dealkylation sites (N-methyl/N-ethyl adjacent to an activating group) is 1. The number of aliphatic hydroxyl groups is 1. The molecule has 2 unspecified atom stereocenters. The molecule has 0 heterocycles. The smallest absolute Gasteiger partial charge is 0.190 e. The second-order valence-corrected chi connectivity index (χ2v) is 3.68. The van der Waals surface area contributed by atoms with Gasteiger partial charge in [0.15, 0.2) is 5.50 Å². The molecule has 0 aliphatic heterocycles. The lowest BCUT2D eigenvalue weighted by Gasteiger charge is -2.31. The second kappa shape index (κ2) is 2.86. The van der Waals surface area contributed by atoms with Crippen molar-refractivity contribution in [3.05, 3.63) is 0 Å². The Bertz CT molecular complexity index is 87.5. The van der Waals surface area contributed by atoms with E-state index in [2.05, 4.69) is 0 Å². The maximum atomic E-state index is 9.01. The number of nitrogens with zero attached hydrogens (tertiary/aromatic N) is 1. The quantitative estimate of drug-likeness (QED) is 0.350. The van der Waals surface area contributed by atoms with E-state index in [1.54, 1.807) is 6.92 Å². The SMILES string of the molecule is CC(O)C(Cl)[N+](C)(C)C. The molecular formula is C6H15ClNO+. The predicted molar refractivity (Wildman–Crippen MR) is 39.4 cm³/mol. The zero-order valence-electron chi connectivity index (χ0n) is 6.43. The molecule has 0 aromatic rings. The number of rotatable bonds is 2. The average Bonchev–Trinajstić information content (AvgIpc) is 1.62. The number of hydrogen-bond acceptors (Lipinski definition) is 1. The molecule has 0 bridgehead atoms. The van der Waals surface area contributed by atoms with Gasteiger partial charge in [0.25, 0.3) is 0 Å². The summed E-state index contributed by atoms with van der Waals surface area (Å²) in [7, 11) is 5.85. The van der Waals surface area contributed by atoms with Gasteiger partial charge in [-0.05, 0) is 6.92 Å². The minimum absolute atomic E-state index is 0.218. The van der Waals surface area contributed by atoms with Crippen molar-refractivity contribution in [3.8, 4) is 0 Å². The van der Waals surface area contributed by atoms with Gasteiger partial charge in [0, 0.05) is 0 Å². The first-order chi connectivity index (χ1) is 3.85. The van der Waals surface area contributed by atoms with Crippen molar-refractivity contribution < 1.29 is 9.59 Å². The number of hydrogen-bond donors (Lipinski definition) is 1. The molecule has 3 heteroatoms. The van der Waals surface area contributed by atoms with Crippen LogP contribution in [0, 0.1) is 0 Å². The highest BCUT2D eigenvalue weighted by Gasteiger charge is 2.25. The van der Waals surface area contributed by atoms with E-state index < -0.39 is 6.10 Å². The summed E-state index contributed by atoms with van der Waals surface area (Å²) in [5.41, 5.74) is -0.218. The van der Waals surface area contributed by atoms with Crippen LogP contribution in [0.1, 0.15) is 6.92 Å². The van der Waals surface area contributed by atoms with Gasteiger partial charge in [-0.15, -0.1) is 0 Å². The van der Waals surface area contributed by atoms with E-state index in [0.29, 0.717) is 4.48 Å². The van der Waals surface area contributed by atoms with Crippen LogP contribution in [0.3, 0.4) is 0 Å². The van der Waals surface area contributed by atoms with Gasteiger partial charge in [0.2, 0.25) is 0 Å². The van der Waals surface area contributed by atoms with Crippen molar-refractivity contribution in [1.82, 2.24) is 0 Å². The van der Waals surface area contributed by atoms with Crippen LogP contribution < -0.4 is 0 Å². The number of alkyl halides is 1. The van der Waals surface area contributed by atoms with Crippen LogP contribution in [-0.4, -0.2) is 42.3 Å². The first-order valence-electron chi connectivity index (χ1n) is 2.99. The van der Waals surface area contributed by atoms with Gasteiger partial charge in [-0.2, -0.15) is 0 Å². The molecule has 0 spiro atoms. The van der Waals surface area contributed by atoms with E-state index in [1.807, 2.05) is 21.1 Å². The topological polar surface area (TPSA) is 20.2 Å². The van der Waals surface area contributed by atoms with Crippen molar-refractivity contribution in [1.29, 1.82) is 0 Å². The van der Waals surface area contributed by atoms with Gasteiger partial charge >= 0.3 is 0 Å². The molecule has 0 aromatic heterocycles. The molecule has 56 valence electrons. The summed E-state index contributed by atoms with van der Waals surface area (Å²) in [6.45, 7) is 1.70. The highest BCUT2D eigenvalue weighted by molar-refractivity contribution is 6.19. The fourth-order valence-electron chi connectivity index (χ4n) is 0.647. The number of halogens is 1. The summed E-state index contributed by atoms with van der Waals surface area (Å²) < 4.78 is 0.583. The summed E-state index contributed by atoms with van der Waals surface area (Å²) >= 11 is 5.81. The lowest BCUT2D eigenvalue weighted by atomic mass is 10.3. The van der Waals surface area contributed by atoms with E-state index in [0.717, 1.165) is 0 Å². The van der Waals surface area contributed by atoms with Crippen molar-refractivity contribution in [2.75, 3.05) is 21.1 Å². The van der Waals surface area contributed by atoms with Gasteiger partial charge in [-0.1, -0.05) is 11.6 Å². The number of aliphatic hydroxyl groups excluding tert-OH is 1. The summed E-state index contributed by atoms with van der Waals surface area (Å²) in [6.07, 6.45) is -0.452. The molecule has 2 nitrogen and oxygen atoms in total. The summed E-state index contributed by atoms with van der Waals surface area (Å²) in [6, 6.07) is 0. The van der Waals surface area contributed by atoms with Crippen LogP contribution in [0.4, 0.5) is 0 Å². The minimum atomic E-state index is -0.452. The lowest BCUT2D eigenvalue weighted by Crippen LogP contribution is -2.47. The van der Waals surface area contributed by atoms with Crippen molar-refractivity contribution in [2.45, 2.75) is 18.5 Å². The normalized spacial score (nSPS) is 19.3.